The van der Waals surface area contributed by atoms with Crippen LogP contribution in [0.5, 0.6) is 11.5 Å². The number of nitrogens with zero attached hydrogens (tertiary/aromatic N) is 5. The number of fused-ring (bicyclic) bond motifs is 2. The van der Waals surface area contributed by atoms with Crippen molar-refractivity contribution in [1.29, 1.82) is 0 Å². The van der Waals surface area contributed by atoms with Gasteiger partial charge in [-0.05, 0) is 44.0 Å². The molecule has 0 saturated carbocycles. The lowest BCUT2D eigenvalue weighted by Crippen LogP contribution is -2.39. The van der Waals surface area contributed by atoms with Gasteiger partial charge >= 0.3 is 0 Å². The number of piperidine rings is 1. The first-order chi connectivity index (χ1) is 13.7. The lowest BCUT2D eigenvalue weighted by atomic mass is 9.93. The largest absolute Gasteiger partial charge is 0.486 e. The quantitative estimate of drug-likeness (QED) is 0.679. The first-order valence-electron chi connectivity index (χ1n) is 9.55. The van der Waals surface area contributed by atoms with Crippen molar-refractivity contribution in [2.24, 2.45) is 0 Å². The summed E-state index contributed by atoms with van der Waals surface area (Å²) < 4.78 is 13.0. The van der Waals surface area contributed by atoms with E-state index in [1.54, 1.807) is 10.6 Å². The van der Waals surface area contributed by atoms with Crippen molar-refractivity contribution >= 4 is 11.7 Å². The van der Waals surface area contributed by atoms with E-state index in [0.717, 1.165) is 30.8 Å². The monoisotopic (exact) mass is 379 g/mol. The van der Waals surface area contributed by atoms with E-state index in [-0.39, 0.29) is 11.8 Å². The van der Waals surface area contributed by atoms with E-state index in [1.807, 2.05) is 30.0 Å². The van der Waals surface area contributed by atoms with Crippen molar-refractivity contribution in [3.63, 3.8) is 0 Å². The van der Waals surface area contributed by atoms with Gasteiger partial charge in [-0.15, -0.1) is 0 Å². The third kappa shape index (κ3) is 2.94. The number of amides is 1. The predicted molar refractivity (Wildman–Crippen MR) is 101 cm³/mol. The average molecular weight is 379 g/mol. The molecule has 3 aromatic rings. The maximum atomic E-state index is 13.1. The van der Waals surface area contributed by atoms with Crippen molar-refractivity contribution in [2.45, 2.75) is 25.7 Å². The molecule has 1 saturated heterocycles. The molecule has 8 nitrogen and oxygen atoms in total. The Hall–Kier alpha value is -3.16. The molecule has 0 aliphatic carbocycles. The van der Waals surface area contributed by atoms with Crippen LogP contribution >= 0.6 is 0 Å². The molecular weight excluding hydrogens is 358 g/mol. The Labute approximate surface area is 162 Å². The zero-order valence-electron chi connectivity index (χ0n) is 15.7. The summed E-state index contributed by atoms with van der Waals surface area (Å²) in [6.45, 7) is 4.39. The number of likely N-dealkylation sites (tertiary alicyclic amines) is 1. The van der Waals surface area contributed by atoms with Gasteiger partial charge in [-0.3, -0.25) is 4.79 Å². The molecule has 0 N–H and O–H groups in total. The van der Waals surface area contributed by atoms with Crippen LogP contribution < -0.4 is 9.47 Å². The summed E-state index contributed by atoms with van der Waals surface area (Å²) in [5.74, 6) is 2.15. The zero-order valence-corrected chi connectivity index (χ0v) is 15.7. The molecule has 1 atom stereocenters. The molecule has 0 radical (unpaired) electrons. The number of carbonyl (C=O) groups excluding carboxylic acids is 1. The van der Waals surface area contributed by atoms with E-state index >= 15 is 0 Å². The van der Waals surface area contributed by atoms with Crippen molar-refractivity contribution < 1.29 is 14.3 Å². The molecule has 0 bridgehead atoms. The highest BCUT2D eigenvalue weighted by atomic mass is 16.6. The second-order valence-corrected chi connectivity index (χ2v) is 7.24. The van der Waals surface area contributed by atoms with Gasteiger partial charge in [0.15, 0.2) is 11.5 Å². The van der Waals surface area contributed by atoms with Gasteiger partial charge in [0.05, 0.1) is 5.69 Å². The fourth-order valence-electron chi connectivity index (χ4n) is 4.01. The topological polar surface area (TPSA) is 81.9 Å². The summed E-state index contributed by atoms with van der Waals surface area (Å²) in [6, 6.07) is 7.46. The summed E-state index contributed by atoms with van der Waals surface area (Å²) >= 11 is 0. The fraction of sp³-hybridized carbons (Fsp3) is 0.400. The minimum absolute atomic E-state index is 0.0160. The first kappa shape index (κ1) is 17.0. The Morgan fingerprint density at radius 3 is 2.93 bits per heavy atom. The summed E-state index contributed by atoms with van der Waals surface area (Å²) in [7, 11) is 0. The standard InChI is InChI=1S/C20H21N5O3/c1-13-9-16(25-20(23-13)21-12-22-25)15-3-2-6-24(11-15)19(26)14-4-5-17-18(10-14)28-8-7-27-17/h4-5,9-10,12,15H,2-3,6-8,11H2,1H3. The Balaban J connectivity index is 1.41. The highest BCUT2D eigenvalue weighted by molar-refractivity contribution is 5.95. The second kappa shape index (κ2) is 6.78. The van der Waals surface area contributed by atoms with Crippen LogP contribution in [0.3, 0.4) is 0 Å². The SMILES string of the molecule is Cc1cc(C2CCCN(C(=O)c3ccc4c(c3)OCCO4)C2)n2ncnc2n1. The molecule has 4 heterocycles. The van der Waals surface area contributed by atoms with Crippen molar-refractivity contribution in [3.8, 4) is 11.5 Å². The summed E-state index contributed by atoms with van der Waals surface area (Å²) in [5.41, 5.74) is 2.59. The van der Waals surface area contributed by atoms with Crippen molar-refractivity contribution in [3.05, 3.63) is 47.5 Å². The molecule has 8 heteroatoms. The number of hydrogen-bond donors (Lipinski definition) is 0. The van der Waals surface area contributed by atoms with Crippen LogP contribution in [0.2, 0.25) is 0 Å². The number of benzene rings is 1. The van der Waals surface area contributed by atoms with Gasteiger partial charge < -0.3 is 14.4 Å². The number of ether oxygens (including phenoxy) is 2. The lowest BCUT2D eigenvalue weighted by Gasteiger charge is -2.33. The summed E-state index contributed by atoms with van der Waals surface area (Å²) in [5, 5.41) is 4.32. The minimum Gasteiger partial charge on any atom is -0.486 e. The maximum Gasteiger partial charge on any atom is 0.254 e. The van der Waals surface area contributed by atoms with Crippen LogP contribution in [-0.2, 0) is 0 Å². The van der Waals surface area contributed by atoms with E-state index in [2.05, 4.69) is 15.1 Å². The summed E-state index contributed by atoms with van der Waals surface area (Å²) in [6.07, 6.45) is 3.47. The Kier molecular flexibility index (Phi) is 4.11. The van der Waals surface area contributed by atoms with E-state index < -0.39 is 0 Å². The van der Waals surface area contributed by atoms with E-state index in [1.165, 1.54) is 6.33 Å². The third-order valence-corrected chi connectivity index (χ3v) is 5.32. The highest BCUT2D eigenvalue weighted by Gasteiger charge is 2.28. The third-order valence-electron chi connectivity index (χ3n) is 5.32. The van der Waals surface area contributed by atoms with Gasteiger partial charge in [-0.2, -0.15) is 10.1 Å². The van der Waals surface area contributed by atoms with Crippen LogP contribution in [0, 0.1) is 6.92 Å². The molecule has 1 amide bonds. The van der Waals surface area contributed by atoms with Crippen LogP contribution in [0.4, 0.5) is 0 Å². The minimum atomic E-state index is 0.0160. The number of rotatable bonds is 2. The van der Waals surface area contributed by atoms with E-state index in [4.69, 9.17) is 9.47 Å². The first-order valence-corrected chi connectivity index (χ1v) is 9.55. The Morgan fingerprint density at radius 2 is 2.04 bits per heavy atom. The second-order valence-electron chi connectivity index (χ2n) is 7.24. The number of aryl methyl sites for hydroxylation is 1. The van der Waals surface area contributed by atoms with Crippen LogP contribution in [-0.4, -0.2) is 56.7 Å². The number of carbonyl (C=O) groups is 1. The number of hydrogen-bond acceptors (Lipinski definition) is 6. The lowest BCUT2D eigenvalue weighted by molar-refractivity contribution is 0.0704. The molecule has 1 unspecified atom stereocenters. The average Bonchev–Trinajstić information content (AvgIpc) is 3.20. The van der Waals surface area contributed by atoms with E-state index in [0.29, 0.717) is 42.6 Å². The van der Waals surface area contributed by atoms with E-state index in [9.17, 15) is 4.79 Å². The van der Waals surface area contributed by atoms with Crippen LogP contribution in [0.25, 0.3) is 5.78 Å². The molecule has 2 aliphatic heterocycles. The van der Waals surface area contributed by atoms with Crippen LogP contribution in [0.1, 0.15) is 40.5 Å². The van der Waals surface area contributed by atoms with Gasteiger partial charge in [0.2, 0.25) is 0 Å². The fourth-order valence-corrected chi connectivity index (χ4v) is 4.01. The van der Waals surface area contributed by atoms with Crippen LogP contribution in [0.15, 0.2) is 30.6 Å². The molecule has 144 valence electrons. The van der Waals surface area contributed by atoms with Gasteiger partial charge in [0.25, 0.3) is 11.7 Å². The van der Waals surface area contributed by atoms with Crippen molar-refractivity contribution in [1.82, 2.24) is 24.5 Å². The molecule has 1 fully saturated rings. The Bertz CT molecular complexity index is 1050. The molecular formula is C20H21N5O3. The van der Waals surface area contributed by atoms with Gasteiger partial charge in [0.1, 0.15) is 19.5 Å². The highest BCUT2D eigenvalue weighted by Crippen LogP contribution is 2.32. The maximum absolute atomic E-state index is 13.1. The Morgan fingerprint density at radius 1 is 1.18 bits per heavy atom. The molecule has 0 spiro atoms. The van der Waals surface area contributed by atoms with Gasteiger partial charge in [-0.25, -0.2) is 9.50 Å². The molecule has 1 aromatic carbocycles. The smallest absolute Gasteiger partial charge is 0.254 e. The predicted octanol–water partition coefficient (Wildman–Crippen LogP) is 2.22. The summed E-state index contributed by atoms with van der Waals surface area (Å²) in [4.78, 5) is 23.7. The number of aromatic nitrogens is 4. The molecule has 28 heavy (non-hydrogen) atoms. The molecule has 5 rings (SSSR count). The zero-order chi connectivity index (χ0) is 19.1. The van der Waals surface area contributed by atoms with Gasteiger partial charge in [0, 0.05) is 30.3 Å². The normalized spacial score (nSPS) is 19.0. The van der Waals surface area contributed by atoms with Gasteiger partial charge in [-0.1, -0.05) is 0 Å². The molecule has 2 aromatic heterocycles. The molecule has 2 aliphatic rings. The van der Waals surface area contributed by atoms with Crippen molar-refractivity contribution in [2.75, 3.05) is 26.3 Å².